The summed E-state index contributed by atoms with van der Waals surface area (Å²) in [5.74, 6) is 1.78. The van der Waals surface area contributed by atoms with Gasteiger partial charge in [0.15, 0.2) is 0 Å². The third-order valence-corrected chi connectivity index (χ3v) is 3.38. The molecule has 0 aliphatic heterocycles. The van der Waals surface area contributed by atoms with Crippen molar-refractivity contribution in [3.63, 3.8) is 0 Å². The topological polar surface area (TPSA) is 12.0 Å². The zero-order chi connectivity index (χ0) is 9.84. The van der Waals surface area contributed by atoms with Gasteiger partial charge >= 0.3 is 0 Å². The third-order valence-electron chi connectivity index (χ3n) is 3.38. The Hall–Kier alpha value is -0.300. The molecule has 13 heavy (non-hydrogen) atoms. The third kappa shape index (κ3) is 2.84. The maximum atomic E-state index is 4.00. The summed E-state index contributed by atoms with van der Waals surface area (Å²) in [6, 6.07) is 0.662. The van der Waals surface area contributed by atoms with Gasteiger partial charge in [0.25, 0.3) is 0 Å². The van der Waals surface area contributed by atoms with Crippen molar-refractivity contribution in [2.24, 2.45) is 11.8 Å². The minimum absolute atomic E-state index is 0.662. The van der Waals surface area contributed by atoms with E-state index < -0.39 is 0 Å². The monoisotopic (exact) mass is 181 g/mol. The summed E-state index contributed by atoms with van der Waals surface area (Å²) >= 11 is 0. The molecule has 0 aromatic carbocycles. The van der Waals surface area contributed by atoms with E-state index in [1.54, 1.807) is 0 Å². The van der Waals surface area contributed by atoms with Gasteiger partial charge in [0, 0.05) is 6.04 Å². The maximum Gasteiger partial charge on any atom is 0.0132 e. The molecular formula is C12H23N. The highest BCUT2D eigenvalue weighted by atomic mass is 14.9. The van der Waals surface area contributed by atoms with E-state index in [2.05, 4.69) is 32.8 Å². The van der Waals surface area contributed by atoms with Gasteiger partial charge in [-0.1, -0.05) is 25.3 Å². The Morgan fingerprint density at radius 1 is 1.54 bits per heavy atom. The molecule has 1 aliphatic rings. The van der Waals surface area contributed by atoms with Gasteiger partial charge in [-0.15, -0.1) is 6.58 Å². The van der Waals surface area contributed by atoms with E-state index in [1.165, 1.54) is 24.8 Å². The van der Waals surface area contributed by atoms with Crippen LogP contribution in [0.25, 0.3) is 0 Å². The van der Waals surface area contributed by atoms with Crippen molar-refractivity contribution in [1.29, 1.82) is 0 Å². The van der Waals surface area contributed by atoms with Crippen LogP contribution in [0.1, 0.15) is 39.5 Å². The van der Waals surface area contributed by atoms with E-state index in [0.717, 1.165) is 18.3 Å². The Morgan fingerprint density at radius 3 is 2.62 bits per heavy atom. The van der Waals surface area contributed by atoms with Crippen LogP contribution in [0.3, 0.4) is 0 Å². The number of rotatable bonds is 4. The van der Waals surface area contributed by atoms with Crippen molar-refractivity contribution in [3.05, 3.63) is 12.2 Å². The van der Waals surface area contributed by atoms with Crippen LogP contribution in [0.5, 0.6) is 0 Å². The molecule has 0 aromatic rings. The van der Waals surface area contributed by atoms with Gasteiger partial charge in [-0.25, -0.2) is 0 Å². The Bertz CT molecular complexity index is 174. The van der Waals surface area contributed by atoms with Crippen molar-refractivity contribution >= 4 is 0 Å². The van der Waals surface area contributed by atoms with Gasteiger partial charge in [-0.3, -0.25) is 0 Å². The summed E-state index contributed by atoms with van der Waals surface area (Å²) in [6.45, 7) is 8.52. The van der Waals surface area contributed by atoms with Gasteiger partial charge in [-0.2, -0.15) is 0 Å². The normalized spacial score (nSPS) is 30.4. The largest absolute Gasteiger partial charge is 0.316 e. The maximum absolute atomic E-state index is 4.00. The summed E-state index contributed by atoms with van der Waals surface area (Å²) in [4.78, 5) is 0. The Kier molecular flexibility index (Phi) is 3.98. The zero-order valence-corrected chi connectivity index (χ0v) is 9.27. The fourth-order valence-corrected chi connectivity index (χ4v) is 2.61. The Labute approximate surface area is 82.6 Å². The van der Waals surface area contributed by atoms with Gasteiger partial charge in [-0.05, 0) is 38.6 Å². The lowest BCUT2D eigenvalue weighted by atomic mass is 9.87. The molecule has 1 heteroatoms. The SMILES string of the molecule is C=C(C)CC(NC)C1CCCC1C. The van der Waals surface area contributed by atoms with E-state index in [4.69, 9.17) is 0 Å². The van der Waals surface area contributed by atoms with Crippen molar-refractivity contribution in [2.45, 2.75) is 45.6 Å². The van der Waals surface area contributed by atoms with Crippen LogP contribution in [-0.2, 0) is 0 Å². The summed E-state index contributed by atoms with van der Waals surface area (Å²) in [5, 5.41) is 3.44. The molecule has 1 aliphatic carbocycles. The highest BCUT2D eigenvalue weighted by molar-refractivity contribution is 4.96. The molecule has 0 amide bonds. The summed E-state index contributed by atoms with van der Waals surface area (Å²) in [6.07, 6.45) is 5.38. The van der Waals surface area contributed by atoms with Crippen LogP contribution in [-0.4, -0.2) is 13.1 Å². The molecular weight excluding hydrogens is 158 g/mol. The van der Waals surface area contributed by atoms with Crippen molar-refractivity contribution in [1.82, 2.24) is 5.32 Å². The lowest BCUT2D eigenvalue weighted by Gasteiger charge is -2.26. The number of hydrogen-bond acceptors (Lipinski definition) is 1. The average Bonchev–Trinajstić information content (AvgIpc) is 2.47. The predicted octanol–water partition coefficient (Wildman–Crippen LogP) is 2.98. The minimum Gasteiger partial charge on any atom is -0.316 e. The number of hydrogen-bond donors (Lipinski definition) is 1. The van der Waals surface area contributed by atoms with E-state index in [9.17, 15) is 0 Å². The second-order valence-electron chi connectivity index (χ2n) is 4.63. The van der Waals surface area contributed by atoms with Crippen molar-refractivity contribution < 1.29 is 0 Å². The summed E-state index contributed by atoms with van der Waals surface area (Å²) < 4.78 is 0. The van der Waals surface area contributed by atoms with Gasteiger partial charge in [0.2, 0.25) is 0 Å². The van der Waals surface area contributed by atoms with Crippen molar-refractivity contribution in [2.75, 3.05) is 7.05 Å². The summed E-state index contributed by atoms with van der Waals surface area (Å²) in [5.41, 5.74) is 1.30. The second-order valence-corrected chi connectivity index (χ2v) is 4.63. The average molecular weight is 181 g/mol. The fraction of sp³-hybridized carbons (Fsp3) is 0.833. The van der Waals surface area contributed by atoms with E-state index >= 15 is 0 Å². The first-order valence-corrected chi connectivity index (χ1v) is 5.46. The first-order valence-electron chi connectivity index (χ1n) is 5.46. The molecule has 0 heterocycles. The van der Waals surface area contributed by atoms with Crippen LogP contribution in [0.2, 0.25) is 0 Å². The molecule has 1 nitrogen and oxygen atoms in total. The molecule has 1 N–H and O–H groups in total. The molecule has 1 rings (SSSR count). The second kappa shape index (κ2) is 4.80. The standard InChI is InChI=1S/C12H23N/c1-9(2)8-12(13-4)11-7-5-6-10(11)3/h10-13H,1,5-8H2,2-4H3. The smallest absolute Gasteiger partial charge is 0.0132 e. The predicted molar refractivity (Wildman–Crippen MR) is 58.8 cm³/mol. The van der Waals surface area contributed by atoms with E-state index in [-0.39, 0.29) is 0 Å². The molecule has 0 saturated heterocycles. The highest BCUT2D eigenvalue weighted by Gasteiger charge is 2.29. The Morgan fingerprint density at radius 2 is 2.23 bits per heavy atom. The van der Waals surface area contributed by atoms with Gasteiger partial charge < -0.3 is 5.32 Å². The first-order chi connectivity index (χ1) is 6.15. The summed E-state index contributed by atoms with van der Waals surface area (Å²) in [7, 11) is 2.08. The highest BCUT2D eigenvalue weighted by Crippen LogP contribution is 2.35. The lowest BCUT2D eigenvalue weighted by Crippen LogP contribution is -2.35. The molecule has 1 fully saturated rings. The molecule has 1 saturated carbocycles. The fourth-order valence-electron chi connectivity index (χ4n) is 2.61. The number of nitrogens with one attached hydrogen (secondary N) is 1. The quantitative estimate of drug-likeness (QED) is 0.657. The van der Waals surface area contributed by atoms with Crippen LogP contribution in [0.15, 0.2) is 12.2 Å². The zero-order valence-electron chi connectivity index (χ0n) is 9.27. The van der Waals surface area contributed by atoms with Crippen LogP contribution in [0.4, 0.5) is 0 Å². The molecule has 0 radical (unpaired) electrons. The molecule has 0 bridgehead atoms. The molecule has 3 atom stereocenters. The first kappa shape index (κ1) is 10.8. The van der Waals surface area contributed by atoms with Crippen LogP contribution < -0.4 is 5.32 Å². The minimum atomic E-state index is 0.662. The lowest BCUT2D eigenvalue weighted by molar-refractivity contribution is 0.308. The molecule has 0 aromatic heterocycles. The Balaban J connectivity index is 2.49. The molecule has 76 valence electrons. The van der Waals surface area contributed by atoms with Gasteiger partial charge in [0.1, 0.15) is 0 Å². The van der Waals surface area contributed by atoms with Gasteiger partial charge in [0.05, 0.1) is 0 Å². The molecule has 0 spiro atoms. The van der Waals surface area contributed by atoms with E-state index in [1.807, 2.05) is 0 Å². The molecule has 3 unspecified atom stereocenters. The van der Waals surface area contributed by atoms with Crippen molar-refractivity contribution in [3.8, 4) is 0 Å². The van der Waals surface area contributed by atoms with Crippen LogP contribution in [0, 0.1) is 11.8 Å². The van der Waals surface area contributed by atoms with E-state index in [0.29, 0.717) is 6.04 Å². The van der Waals surface area contributed by atoms with Crippen LogP contribution >= 0.6 is 0 Å².